The molecule has 1 amide bonds. The summed E-state index contributed by atoms with van der Waals surface area (Å²) in [5, 5.41) is 11.4. The van der Waals surface area contributed by atoms with Gasteiger partial charge in [-0.2, -0.15) is 0 Å². The smallest absolute Gasteiger partial charge is 0.295 e. The van der Waals surface area contributed by atoms with Gasteiger partial charge in [0.15, 0.2) is 0 Å². The highest BCUT2D eigenvalue weighted by Crippen LogP contribution is 2.44. The normalized spacial score (nSPS) is 16.9. The van der Waals surface area contributed by atoms with Crippen LogP contribution in [-0.4, -0.2) is 48.0 Å². The van der Waals surface area contributed by atoms with E-state index in [9.17, 15) is 14.7 Å². The zero-order chi connectivity index (χ0) is 25.1. The number of carbonyl (C=O) groups is 2. The molecular formula is C27H26N2O6. The van der Waals surface area contributed by atoms with Gasteiger partial charge in [-0.05, 0) is 54.4 Å². The van der Waals surface area contributed by atoms with E-state index in [1.807, 2.05) is 6.07 Å². The van der Waals surface area contributed by atoms with Crippen molar-refractivity contribution < 1.29 is 28.9 Å². The molecule has 0 aliphatic carbocycles. The van der Waals surface area contributed by atoms with Crippen molar-refractivity contribution in [2.45, 2.75) is 19.5 Å². The van der Waals surface area contributed by atoms with E-state index in [0.29, 0.717) is 33.9 Å². The number of amides is 1. The zero-order valence-corrected chi connectivity index (χ0v) is 19.9. The molecular weight excluding hydrogens is 448 g/mol. The van der Waals surface area contributed by atoms with Crippen molar-refractivity contribution in [3.8, 4) is 17.2 Å². The van der Waals surface area contributed by atoms with Crippen molar-refractivity contribution in [1.82, 2.24) is 9.88 Å². The Morgan fingerprint density at radius 1 is 1.00 bits per heavy atom. The Morgan fingerprint density at radius 3 is 2.34 bits per heavy atom. The number of aliphatic hydroxyl groups excluding tert-OH is 1. The highest BCUT2D eigenvalue weighted by atomic mass is 16.5. The van der Waals surface area contributed by atoms with Crippen LogP contribution in [0.25, 0.3) is 5.76 Å². The molecule has 0 spiro atoms. The minimum absolute atomic E-state index is 0.0179. The molecule has 1 aromatic heterocycles. The van der Waals surface area contributed by atoms with E-state index in [1.165, 1.54) is 19.1 Å². The first kappa shape index (κ1) is 23.8. The van der Waals surface area contributed by atoms with E-state index in [1.54, 1.807) is 68.9 Å². The Morgan fingerprint density at radius 2 is 1.71 bits per heavy atom. The van der Waals surface area contributed by atoms with Crippen LogP contribution in [0.15, 0.2) is 66.5 Å². The molecule has 1 saturated heterocycles. The molecule has 1 fully saturated rings. The largest absolute Gasteiger partial charge is 0.507 e. The van der Waals surface area contributed by atoms with Gasteiger partial charge in [0.2, 0.25) is 0 Å². The van der Waals surface area contributed by atoms with E-state index >= 15 is 0 Å². The quantitative estimate of drug-likeness (QED) is 0.314. The second-order valence-corrected chi connectivity index (χ2v) is 8.08. The van der Waals surface area contributed by atoms with E-state index in [4.69, 9.17) is 14.2 Å². The molecule has 2 aromatic carbocycles. The summed E-state index contributed by atoms with van der Waals surface area (Å²) in [6.45, 7) is 1.92. The highest BCUT2D eigenvalue weighted by Gasteiger charge is 2.47. The summed E-state index contributed by atoms with van der Waals surface area (Å²) in [5.74, 6) is -0.163. The fraction of sp³-hybridized carbons (Fsp3) is 0.222. The van der Waals surface area contributed by atoms with E-state index in [2.05, 4.69) is 4.98 Å². The summed E-state index contributed by atoms with van der Waals surface area (Å²) in [6, 6.07) is 12.9. The molecule has 0 saturated carbocycles. The standard InChI is InChI=1S/C27H26N2O6/c1-16-12-18(33-2)7-9-20(16)25(30)23-24(21-10-8-19(34-3)13-22(21)35-4)29(27(32)26(23)31)15-17-6-5-11-28-14-17/h5-14,24,30H,15H2,1-4H3/b25-23+/t24-/m1/s1. The first-order valence-electron chi connectivity index (χ1n) is 10.9. The molecule has 1 aliphatic heterocycles. The predicted molar refractivity (Wildman–Crippen MR) is 129 cm³/mol. The van der Waals surface area contributed by atoms with Crippen molar-refractivity contribution in [1.29, 1.82) is 0 Å². The van der Waals surface area contributed by atoms with Crippen molar-refractivity contribution in [3.05, 3.63) is 88.8 Å². The Hall–Kier alpha value is -4.33. The van der Waals surface area contributed by atoms with Crippen LogP contribution in [0.3, 0.4) is 0 Å². The van der Waals surface area contributed by atoms with Crippen molar-refractivity contribution in [2.24, 2.45) is 0 Å². The maximum atomic E-state index is 13.3. The summed E-state index contributed by atoms with van der Waals surface area (Å²) in [7, 11) is 4.59. The number of methoxy groups -OCH3 is 3. The predicted octanol–water partition coefficient (Wildman–Crippen LogP) is 4.04. The third kappa shape index (κ3) is 4.42. The first-order valence-corrected chi connectivity index (χ1v) is 10.9. The van der Waals surface area contributed by atoms with Crippen LogP contribution in [0.5, 0.6) is 17.2 Å². The van der Waals surface area contributed by atoms with Gasteiger partial charge in [-0.15, -0.1) is 0 Å². The van der Waals surface area contributed by atoms with E-state index in [-0.39, 0.29) is 17.9 Å². The molecule has 2 heterocycles. The summed E-state index contributed by atoms with van der Waals surface area (Å²) in [4.78, 5) is 32.2. The van der Waals surface area contributed by atoms with Crippen LogP contribution in [0.4, 0.5) is 0 Å². The molecule has 1 N–H and O–H groups in total. The molecule has 1 aliphatic rings. The third-order valence-electron chi connectivity index (χ3n) is 6.04. The second kappa shape index (κ2) is 9.89. The Balaban J connectivity index is 1.93. The zero-order valence-electron chi connectivity index (χ0n) is 19.9. The van der Waals surface area contributed by atoms with Crippen LogP contribution in [0.1, 0.15) is 28.3 Å². The average Bonchev–Trinajstić information content (AvgIpc) is 3.13. The lowest BCUT2D eigenvalue weighted by atomic mass is 9.93. The number of aryl methyl sites for hydroxylation is 1. The van der Waals surface area contributed by atoms with E-state index in [0.717, 1.165) is 5.56 Å². The number of pyridine rings is 1. The number of rotatable bonds is 7. The molecule has 0 unspecified atom stereocenters. The number of ether oxygens (including phenoxy) is 3. The molecule has 8 heteroatoms. The van der Waals surface area contributed by atoms with Gasteiger partial charge in [-0.1, -0.05) is 6.07 Å². The Bertz CT molecular complexity index is 1300. The van der Waals surface area contributed by atoms with Crippen molar-refractivity contribution in [2.75, 3.05) is 21.3 Å². The molecule has 8 nitrogen and oxygen atoms in total. The number of nitrogens with zero attached hydrogens (tertiary/aromatic N) is 2. The van der Waals surface area contributed by atoms with Crippen LogP contribution < -0.4 is 14.2 Å². The number of ketones is 1. The first-order chi connectivity index (χ1) is 16.9. The van der Waals surface area contributed by atoms with Crippen molar-refractivity contribution in [3.63, 3.8) is 0 Å². The molecule has 4 rings (SSSR count). The lowest BCUT2D eigenvalue weighted by molar-refractivity contribution is -0.140. The molecule has 0 radical (unpaired) electrons. The van der Waals surface area contributed by atoms with Gasteiger partial charge in [0, 0.05) is 36.1 Å². The Kier molecular flexibility index (Phi) is 6.73. The molecule has 180 valence electrons. The monoisotopic (exact) mass is 474 g/mol. The highest BCUT2D eigenvalue weighted by molar-refractivity contribution is 6.46. The lowest BCUT2D eigenvalue weighted by Crippen LogP contribution is -2.29. The molecule has 0 bridgehead atoms. The van der Waals surface area contributed by atoms with Gasteiger partial charge in [0.1, 0.15) is 23.0 Å². The number of hydrogen-bond acceptors (Lipinski definition) is 7. The maximum Gasteiger partial charge on any atom is 0.295 e. The maximum absolute atomic E-state index is 13.3. The topological polar surface area (TPSA) is 98.2 Å². The van der Waals surface area contributed by atoms with Crippen LogP contribution >= 0.6 is 0 Å². The number of aliphatic hydroxyl groups is 1. The fourth-order valence-corrected chi connectivity index (χ4v) is 4.27. The third-order valence-corrected chi connectivity index (χ3v) is 6.04. The Labute approximate surface area is 203 Å². The number of Topliss-reactive ketones (excluding diaryl/α,β-unsaturated/α-hetero) is 1. The number of likely N-dealkylation sites (tertiary alicyclic amines) is 1. The average molecular weight is 475 g/mol. The molecule has 3 aromatic rings. The van der Waals surface area contributed by atoms with Gasteiger partial charge in [-0.3, -0.25) is 14.6 Å². The number of hydrogen-bond donors (Lipinski definition) is 1. The van der Waals surface area contributed by atoms with Gasteiger partial charge in [0.05, 0.1) is 32.9 Å². The summed E-state index contributed by atoms with van der Waals surface area (Å²) >= 11 is 0. The van der Waals surface area contributed by atoms with Crippen LogP contribution in [-0.2, 0) is 16.1 Å². The van der Waals surface area contributed by atoms with Gasteiger partial charge >= 0.3 is 0 Å². The van der Waals surface area contributed by atoms with Gasteiger partial charge in [0.25, 0.3) is 11.7 Å². The number of benzene rings is 2. The lowest BCUT2D eigenvalue weighted by Gasteiger charge is -2.27. The summed E-state index contributed by atoms with van der Waals surface area (Å²) in [5.41, 5.74) is 2.40. The molecule has 35 heavy (non-hydrogen) atoms. The van der Waals surface area contributed by atoms with Gasteiger partial charge in [-0.25, -0.2) is 0 Å². The van der Waals surface area contributed by atoms with Crippen LogP contribution in [0, 0.1) is 6.92 Å². The number of aromatic nitrogens is 1. The number of carbonyl (C=O) groups excluding carboxylic acids is 2. The SMILES string of the molecule is COc1ccc(/C(O)=C2\C(=O)C(=O)N(Cc3cccnc3)[C@@H]2c2ccc(OC)cc2OC)c(C)c1. The fourth-order valence-electron chi connectivity index (χ4n) is 4.27. The summed E-state index contributed by atoms with van der Waals surface area (Å²) in [6.07, 6.45) is 3.27. The minimum Gasteiger partial charge on any atom is -0.507 e. The summed E-state index contributed by atoms with van der Waals surface area (Å²) < 4.78 is 16.2. The second-order valence-electron chi connectivity index (χ2n) is 8.08. The van der Waals surface area contributed by atoms with Crippen LogP contribution in [0.2, 0.25) is 0 Å². The minimum atomic E-state index is -0.891. The van der Waals surface area contributed by atoms with Gasteiger partial charge < -0.3 is 24.2 Å². The van der Waals surface area contributed by atoms with E-state index < -0.39 is 17.7 Å². The molecule has 1 atom stereocenters. The van der Waals surface area contributed by atoms with Crippen molar-refractivity contribution >= 4 is 17.4 Å².